The molecule has 0 N–H and O–H groups in total. The second kappa shape index (κ2) is 8.09. The van der Waals surface area contributed by atoms with Crippen LogP contribution < -0.4 is 14.3 Å². The van der Waals surface area contributed by atoms with E-state index < -0.39 is 5.91 Å². The van der Waals surface area contributed by atoms with Crippen molar-refractivity contribution in [1.82, 2.24) is 4.57 Å². The van der Waals surface area contributed by atoms with Gasteiger partial charge in [-0.3, -0.25) is 4.79 Å². The Morgan fingerprint density at radius 1 is 1.31 bits per heavy atom. The Labute approximate surface area is 159 Å². The van der Waals surface area contributed by atoms with Crippen LogP contribution in [0.25, 0.3) is 10.2 Å². The third-order valence-electron chi connectivity index (χ3n) is 3.52. The van der Waals surface area contributed by atoms with E-state index >= 15 is 0 Å². The highest BCUT2D eigenvalue weighted by Gasteiger charge is 2.08. The molecule has 0 saturated carbocycles. The van der Waals surface area contributed by atoms with Gasteiger partial charge in [0.1, 0.15) is 11.5 Å². The zero-order chi connectivity index (χ0) is 18.5. The molecular formula is C19H15ClN2O3S. The summed E-state index contributed by atoms with van der Waals surface area (Å²) < 4.78 is 13.3. The number of benzene rings is 2. The molecule has 0 unspecified atom stereocenters. The quantitative estimate of drug-likeness (QED) is 0.630. The molecule has 0 saturated heterocycles. The van der Waals surface area contributed by atoms with E-state index in [9.17, 15) is 4.79 Å². The van der Waals surface area contributed by atoms with Gasteiger partial charge in [-0.1, -0.05) is 34.9 Å². The molecule has 26 heavy (non-hydrogen) atoms. The molecule has 0 radical (unpaired) electrons. The average molecular weight is 387 g/mol. The van der Waals surface area contributed by atoms with Gasteiger partial charge in [0.05, 0.1) is 23.9 Å². The number of halogens is 1. The number of rotatable bonds is 5. The summed E-state index contributed by atoms with van der Waals surface area (Å²) in [5.74, 6) is 3.36. The van der Waals surface area contributed by atoms with Crippen LogP contribution in [0.5, 0.6) is 11.5 Å². The lowest BCUT2D eigenvalue weighted by Gasteiger charge is -2.05. The molecule has 0 bridgehead atoms. The van der Waals surface area contributed by atoms with Crippen molar-refractivity contribution in [2.75, 3.05) is 13.7 Å². The molecule has 0 aliphatic rings. The first-order valence-electron chi connectivity index (χ1n) is 7.67. The van der Waals surface area contributed by atoms with Crippen molar-refractivity contribution in [3.05, 3.63) is 52.3 Å². The van der Waals surface area contributed by atoms with E-state index in [1.165, 1.54) is 11.3 Å². The molecule has 7 heteroatoms. The number of thiazole rings is 1. The summed E-state index contributed by atoms with van der Waals surface area (Å²) in [7, 11) is 1.57. The SMILES string of the molecule is C#CCn1c(=NC(=O)COc2cccc(OC)c2)sc2cc(Cl)ccc21. The Morgan fingerprint density at radius 2 is 2.12 bits per heavy atom. The predicted octanol–water partition coefficient (Wildman–Crippen LogP) is 3.50. The Morgan fingerprint density at radius 3 is 2.88 bits per heavy atom. The van der Waals surface area contributed by atoms with E-state index in [1.807, 2.05) is 12.1 Å². The maximum Gasteiger partial charge on any atom is 0.286 e. The molecule has 0 atom stereocenters. The normalized spacial score (nSPS) is 11.3. The van der Waals surface area contributed by atoms with Gasteiger partial charge in [-0.2, -0.15) is 4.99 Å². The van der Waals surface area contributed by atoms with Gasteiger partial charge in [0.25, 0.3) is 5.91 Å². The molecule has 1 aromatic heterocycles. The molecule has 2 aromatic carbocycles. The summed E-state index contributed by atoms with van der Waals surface area (Å²) in [5, 5.41) is 0.617. The monoisotopic (exact) mass is 386 g/mol. The number of carbonyl (C=O) groups is 1. The number of fused-ring (bicyclic) bond motifs is 1. The molecule has 132 valence electrons. The minimum atomic E-state index is -0.406. The molecule has 3 aromatic rings. The fourth-order valence-corrected chi connectivity index (χ4v) is 3.67. The number of methoxy groups -OCH3 is 1. The minimum absolute atomic E-state index is 0.182. The number of nitrogens with zero attached hydrogens (tertiary/aromatic N) is 2. The first kappa shape index (κ1) is 18.1. The van der Waals surface area contributed by atoms with Crippen LogP contribution in [0.1, 0.15) is 0 Å². The Bertz CT molecular complexity index is 1060. The zero-order valence-corrected chi connectivity index (χ0v) is 15.5. The summed E-state index contributed by atoms with van der Waals surface area (Å²) in [6, 6.07) is 12.5. The number of hydrogen-bond donors (Lipinski definition) is 0. The maximum atomic E-state index is 12.2. The van der Waals surface area contributed by atoms with Crippen LogP contribution in [0.4, 0.5) is 0 Å². The number of ether oxygens (including phenoxy) is 2. The molecule has 1 heterocycles. The lowest BCUT2D eigenvalue weighted by atomic mass is 10.3. The largest absolute Gasteiger partial charge is 0.497 e. The highest BCUT2D eigenvalue weighted by molar-refractivity contribution is 7.16. The highest BCUT2D eigenvalue weighted by Crippen LogP contribution is 2.22. The molecular weight excluding hydrogens is 372 g/mol. The van der Waals surface area contributed by atoms with Crippen LogP contribution in [0, 0.1) is 12.3 Å². The van der Waals surface area contributed by atoms with Crippen LogP contribution in [-0.4, -0.2) is 24.2 Å². The maximum absolute atomic E-state index is 12.2. The van der Waals surface area contributed by atoms with E-state index in [1.54, 1.807) is 42.0 Å². The second-order valence-corrected chi connectivity index (χ2v) is 6.71. The zero-order valence-electron chi connectivity index (χ0n) is 13.9. The van der Waals surface area contributed by atoms with Crippen molar-refractivity contribution < 1.29 is 14.3 Å². The molecule has 3 rings (SSSR count). The third kappa shape index (κ3) is 4.07. The fourth-order valence-electron chi connectivity index (χ4n) is 2.35. The lowest BCUT2D eigenvalue weighted by molar-refractivity contribution is -0.120. The molecule has 5 nitrogen and oxygen atoms in total. The highest BCUT2D eigenvalue weighted by atomic mass is 35.5. The van der Waals surface area contributed by atoms with E-state index in [2.05, 4.69) is 10.9 Å². The summed E-state index contributed by atoms with van der Waals surface area (Å²) in [6.07, 6.45) is 5.45. The van der Waals surface area contributed by atoms with Gasteiger partial charge >= 0.3 is 0 Å². The van der Waals surface area contributed by atoms with Gasteiger partial charge in [0, 0.05) is 11.1 Å². The van der Waals surface area contributed by atoms with Crippen molar-refractivity contribution in [3.8, 4) is 23.8 Å². The van der Waals surface area contributed by atoms with E-state index in [-0.39, 0.29) is 6.61 Å². The first-order chi connectivity index (χ1) is 12.6. The number of aromatic nitrogens is 1. The number of carbonyl (C=O) groups excluding carboxylic acids is 1. The van der Waals surface area contributed by atoms with Crippen molar-refractivity contribution in [1.29, 1.82) is 0 Å². The van der Waals surface area contributed by atoms with Gasteiger partial charge in [0.15, 0.2) is 11.4 Å². The number of terminal acetylenes is 1. The summed E-state index contributed by atoms with van der Waals surface area (Å²) >= 11 is 7.39. The van der Waals surface area contributed by atoms with Gasteiger partial charge < -0.3 is 14.0 Å². The number of amides is 1. The van der Waals surface area contributed by atoms with Crippen LogP contribution in [0.3, 0.4) is 0 Å². The molecule has 0 aliphatic heterocycles. The summed E-state index contributed by atoms with van der Waals surface area (Å²) in [5.41, 5.74) is 0.887. The van der Waals surface area contributed by atoms with Crippen LogP contribution in [-0.2, 0) is 11.3 Å². The molecule has 1 amide bonds. The molecule has 0 aliphatic carbocycles. The minimum Gasteiger partial charge on any atom is -0.497 e. The van der Waals surface area contributed by atoms with E-state index in [4.69, 9.17) is 27.5 Å². The smallest absolute Gasteiger partial charge is 0.286 e. The van der Waals surface area contributed by atoms with Crippen LogP contribution >= 0.6 is 22.9 Å². The third-order valence-corrected chi connectivity index (χ3v) is 4.79. The predicted molar refractivity (Wildman–Crippen MR) is 103 cm³/mol. The van der Waals surface area contributed by atoms with Gasteiger partial charge in [-0.05, 0) is 30.3 Å². The Hall–Kier alpha value is -2.75. The van der Waals surface area contributed by atoms with Crippen molar-refractivity contribution in [2.24, 2.45) is 4.99 Å². The Balaban J connectivity index is 1.85. The topological polar surface area (TPSA) is 52.8 Å². The van der Waals surface area contributed by atoms with Gasteiger partial charge in [-0.15, -0.1) is 6.42 Å². The molecule has 0 fully saturated rings. The summed E-state index contributed by atoms with van der Waals surface area (Å²) in [4.78, 5) is 16.9. The number of hydrogen-bond acceptors (Lipinski definition) is 4. The lowest BCUT2D eigenvalue weighted by Crippen LogP contribution is -2.19. The van der Waals surface area contributed by atoms with E-state index in [0.29, 0.717) is 27.9 Å². The van der Waals surface area contributed by atoms with Crippen LogP contribution in [0.2, 0.25) is 5.02 Å². The first-order valence-corrected chi connectivity index (χ1v) is 8.87. The van der Waals surface area contributed by atoms with E-state index in [0.717, 1.165) is 10.2 Å². The second-order valence-electron chi connectivity index (χ2n) is 5.26. The van der Waals surface area contributed by atoms with Gasteiger partial charge in [0.2, 0.25) is 0 Å². The van der Waals surface area contributed by atoms with Crippen molar-refractivity contribution in [3.63, 3.8) is 0 Å². The Kier molecular flexibility index (Phi) is 5.61. The average Bonchev–Trinajstić information content (AvgIpc) is 2.96. The van der Waals surface area contributed by atoms with Gasteiger partial charge in [-0.25, -0.2) is 0 Å². The molecule has 0 spiro atoms. The van der Waals surface area contributed by atoms with Crippen molar-refractivity contribution >= 4 is 39.1 Å². The standard InChI is InChI=1S/C19H15ClN2O3S/c1-3-9-22-16-8-7-13(20)10-17(16)26-19(22)21-18(23)12-25-15-6-4-5-14(11-15)24-2/h1,4-8,10-11H,9,12H2,2H3. The fraction of sp³-hybridized carbons (Fsp3) is 0.158. The van der Waals surface area contributed by atoms with Crippen molar-refractivity contribution in [2.45, 2.75) is 6.54 Å². The summed E-state index contributed by atoms with van der Waals surface area (Å²) in [6.45, 7) is 0.128. The van der Waals surface area contributed by atoms with Crippen LogP contribution in [0.15, 0.2) is 47.5 Å².